The summed E-state index contributed by atoms with van der Waals surface area (Å²) in [6.07, 6.45) is 1.30. The molecule has 0 bridgehead atoms. The van der Waals surface area contributed by atoms with E-state index in [4.69, 9.17) is 4.74 Å². The minimum absolute atomic E-state index is 0.0645. The maximum Gasteiger partial charge on any atom is 0.324 e. The summed E-state index contributed by atoms with van der Waals surface area (Å²) >= 11 is 2.03. The Hall–Kier alpha value is -0.260. The summed E-state index contributed by atoms with van der Waals surface area (Å²) in [6.45, 7) is 6.08. The molecule has 2 rings (SSSR count). The molecule has 0 spiro atoms. The van der Waals surface area contributed by atoms with Gasteiger partial charge >= 0.3 is 5.97 Å². The molecule has 0 aromatic heterocycles. The highest BCUT2D eigenvalue weighted by Gasteiger charge is 2.31. The van der Waals surface area contributed by atoms with Crippen molar-refractivity contribution >= 4 is 17.7 Å². The lowest BCUT2D eigenvalue weighted by atomic mass is 10.1. The zero-order chi connectivity index (χ0) is 12.1. The van der Waals surface area contributed by atoms with Crippen molar-refractivity contribution in [3.8, 4) is 0 Å². The van der Waals surface area contributed by atoms with Crippen LogP contribution in [0.25, 0.3) is 0 Å². The first-order valence-electron chi connectivity index (χ1n) is 6.50. The highest BCUT2D eigenvalue weighted by molar-refractivity contribution is 7.99. The number of nitrogens with zero attached hydrogens (tertiary/aromatic N) is 1. The molecule has 0 aliphatic carbocycles. The van der Waals surface area contributed by atoms with Crippen LogP contribution in [0.15, 0.2) is 0 Å². The average molecular weight is 258 g/mol. The van der Waals surface area contributed by atoms with Crippen LogP contribution in [0.4, 0.5) is 0 Å². The average Bonchev–Trinajstić information content (AvgIpc) is 2.83. The van der Waals surface area contributed by atoms with Crippen molar-refractivity contribution in [3.63, 3.8) is 0 Å². The number of ether oxygens (including phenoxy) is 1. The molecule has 2 fully saturated rings. The molecule has 2 saturated heterocycles. The normalized spacial score (nSPS) is 30.4. The molecule has 1 N–H and O–H groups in total. The molecule has 0 amide bonds. The monoisotopic (exact) mass is 258 g/mol. The first-order valence-corrected chi connectivity index (χ1v) is 7.66. The summed E-state index contributed by atoms with van der Waals surface area (Å²) in [5, 5.41) is 3.28. The number of piperazine rings is 1. The number of rotatable bonds is 4. The van der Waals surface area contributed by atoms with Gasteiger partial charge in [0.05, 0.1) is 6.61 Å². The summed E-state index contributed by atoms with van der Waals surface area (Å²) in [4.78, 5) is 14.2. The first kappa shape index (κ1) is 13.2. The molecule has 2 heterocycles. The van der Waals surface area contributed by atoms with Gasteiger partial charge in [-0.3, -0.25) is 9.69 Å². The predicted octanol–water partition coefficient (Wildman–Crippen LogP) is 0.576. The van der Waals surface area contributed by atoms with Gasteiger partial charge in [0.2, 0.25) is 0 Å². The molecule has 2 aliphatic heterocycles. The van der Waals surface area contributed by atoms with E-state index < -0.39 is 0 Å². The summed E-state index contributed by atoms with van der Waals surface area (Å²) < 4.78 is 5.15. The summed E-state index contributed by atoms with van der Waals surface area (Å²) in [5.74, 6) is 3.22. The Morgan fingerprint density at radius 3 is 3.18 bits per heavy atom. The Labute approximate surface area is 107 Å². The van der Waals surface area contributed by atoms with Gasteiger partial charge in [-0.25, -0.2) is 0 Å². The van der Waals surface area contributed by atoms with Gasteiger partial charge in [-0.2, -0.15) is 11.8 Å². The topological polar surface area (TPSA) is 41.6 Å². The number of hydrogen-bond donors (Lipinski definition) is 1. The summed E-state index contributed by atoms with van der Waals surface area (Å²) in [5.41, 5.74) is 0. The highest BCUT2D eigenvalue weighted by Crippen LogP contribution is 2.25. The molecule has 0 saturated carbocycles. The first-order chi connectivity index (χ1) is 8.31. The maximum absolute atomic E-state index is 11.9. The van der Waals surface area contributed by atoms with Crippen LogP contribution in [0.2, 0.25) is 0 Å². The van der Waals surface area contributed by atoms with Gasteiger partial charge < -0.3 is 10.1 Å². The fourth-order valence-electron chi connectivity index (χ4n) is 2.49. The Kier molecular flexibility index (Phi) is 5.13. The molecule has 2 unspecified atom stereocenters. The van der Waals surface area contributed by atoms with Gasteiger partial charge in [0.1, 0.15) is 6.04 Å². The Morgan fingerprint density at radius 2 is 2.47 bits per heavy atom. The van der Waals surface area contributed by atoms with Crippen molar-refractivity contribution in [2.75, 3.05) is 44.3 Å². The number of esters is 1. The van der Waals surface area contributed by atoms with E-state index in [-0.39, 0.29) is 12.0 Å². The van der Waals surface area contributed by atoms with Crippen molar-refractivity contribution in [3.05, 3.63) is 0 Å². The van der Waals surface area contributed by atoms with E-state index >= 15 is 0 Å². The predicted molar refractivity (Wildman–Crippen MR) is 70.3 cm³/mol. The molecule has 2 atom stereocenters. The lowest BCUT2D eigenvalue weighted by Gasteiger charge is -2.35. The van der Waals surface area contributed by atoms with Crippen LogP contribution in [0, 0.1) is 5.92 Å². The van der Waals surface area contributed by atoms with Gasteiger partial charge in [0.25, 0.3) is 0 Å². The Morgan fingerprint density at radius 1 is 1.59 bits per heavy atom. The third-order valence-corrected chi connectivity index (χ3v) is 4.66. The molecule has 17 heavy (non-hydrogen) atoms. The van der Waals surface area contributed by atoms with Crippen LogP contribution in [0.1, 0.15) is 13.3 Å². The van der Waals surface area contributed by atoms with Gasteiger partial charge in [-0.15, -0.1) is 0 Å². The summed E-state index contributed by atoms with van der Waals surface area (Å²) in [7, 11) is 0. The zero-order valence-electron chi connectivity index (χ0n) is 10.5. The lowest BCUT2D eigenvalue weighted by Crippen LogP contribution is -2.56. The van der Waals surface area contributed by atoms with Crippen molar-refractivity contribution in [2.45, 2.75) is 19.4 Å². The van der Waals surface area contributed by atoms with E-state index in [1.807, 2.05) is 18.7 Å². The van der Waals surface area contributed by atoms with Gasteiger partial charge in [-0.05, 0) is 30.8 Å². The van der Waals surface area contributed by atoms with Crippen molar-refractivity contribution in [2.24, 2.45) is 5.92 Å². The number of carbonyl (C=O) groups excluding carboxylic acids is 1. The van der Waals surface area contributed by atoms with E-state index in [2.05, 4.69) is 10.2 Å². The SMILES string of the molecule is CCOC(=O)C1CNCCN1CC1CCSC1. The van der Waals surface area contributed by atoms with Gasteiger partial charge in [-0.1, -0.05) is 0 Å². The third kappa shape index (κ3) is 3.60. The van der Waals surface area contributed by atoms with Crippen molar-refractivity contribution in [1.82, 2.24) is 10.2 Å². The largest absolute Gasteiger partial charge is 0.465 e. The molecular weight excluding hydrogens is 236 g/mol. The molecule has 0 aromatic carbocycles. The molecule has 5 heteroatoms. The number of thioether (sulfide) groups is 1. The lowest BCUT2D eigenvalue weighted by molar-refractivity contribution is -0.150. The van der Waals surface area contributed by atoms with E-state index in [0.29, 0.717) is 6.61 Å². The van der Waals surface area contributed by atoms with Crippen LogP contribution >= 0.6 is 11.8 Å². The second kappa shape index (κ2) is 6.61. The fraction of sp³-hybridized carbons (Fsp3) is 0.917. The molecule has 4 nitrogen and oxygen atoms in total. The smallest absolute Gasteiger partial charge is 0.324 e. The van der Waals surface area contributed by atoms with Crippen LogP contribution in [-0.4, -0.2) is 61.2 Å². The van der Waals surface area contributed by atoms with Crippen molar-refractivity contribution in [1.29, 1.82) is 0 Å². The van der Waals surface area contributed by atoms with E-state index in [1.54, 1.807) is 0 Å². The van der Waals surface area contributed by atoms with E-state index in [1.165, 1.54) is 17.9 Å². The van der Waals surface area contributed by atoms with E-state index in [0.717, 1.165) is 32.1 Å². The Bertz CT molecular complexity index is 257. The van der Waals surface area contributed by atoms with Crippen LogP contribution in [0.3, 0.4) is 0 Å². The molecule has 0 radical (unpaired) electrons. The summed E-state index contributed by atoms with van der Waals surface area (Å²) in [6, 6.07) is -0.0747. The van der Waals surface area contributed by atoms with E-state index in [9.17, 15) is 4.79 Å². The molecular formula is C12H22N2O2S. The highest BCUT2D eigenvalue weighted by atomic mass is 32.2. The van der Waals surface area contributed by atoms with Crippen LogP contribution in [0.5, 0.6) is 0 Å². The number of carbonyl (C=O) groups is 1. The number of nitrogens with one attached hydrogen (secondary N) is 1. The molecule has 0 aromatic rings. The number of hydrogen-bond acceptors (Lipinski definition) is 5. The second-order valence-electron chi connectivity index (χ2n) is 4.70. The van der Waals surface area contributed by atoms with Crippen molar-refractivity contribution < 1.29 is 9.53 Å². The Balaban J connectivity index is 1.89. The minimum atomic E-state index is -0.0747. The standard InChI is InChI=1S/C12H22N2O2S/c1-2-16-12(15)11-7-13-4-5-14(11)8-10-3-6-17-9-10/h10-11,13H,2-9H2,1H3. The fourth-order valence-corrected chi connectivity index (χ4v) is 3.77. The minimum Gasteiger partial charge on any atom is -0.465 e. The maximum atomic E-state index is 11.9. The second-order valence-corrected chi connectivity index (χ2v) is 5.85. The third-order valence-electron chi connectivity index (χ3n) is 3.43. The zero-order valence-corrected chi connectivity index (χ0v) is 11.3. The quantitative estimate of drug-likeness (QED) is 0.747. The van der Waals surface area contributed by atoms with Gasteiger partial charge in [0, 0.05) is 26.2 Å². The van der Waals surface area contributed by atoms with Gasteiger partial charge in [0.15, 0.2) is 0 Å². The van der Waals surface area contributed by atoms with Crippen LogP contribution < -0.4 is 5.32 Å². The molecule has 98 valence electrons. The molecule has 2 aliphatic rings. The van der Waals surface area contributed by atoms with Crippen LogP contribution in [-0.2, 0) is 9.53 Å².